The molecule has 1 aromatic carbocycles. The smallest absolute Gasteiger partial charge is 0.166 e. The van der Waals surface area contributed by atoms with E-state index in [0.29, 0.717) is 17.6 Å². The van der Waals surface area contributed by atoms with Gasteiger partial charge in [-0.3, -0.25) is 4.79 Å². The predicted octanol–water partition coefficient (Wildman–Crippen LogP) is 4.01. The molecule has 0 spiro atoms. The number of nitrogens with zero attached hydrogens (tertiary/aromatic N) is 1. The van der Waals surface area contributed by atoms with E-state index in [1.165, 1.54) is 6.42 Å². The molecule has 0 aliphatic heterocycles. The number of anilines is 1. The maximum atomic E-state index is 12.6. The molecule has 2 atom stereocenters. The highest BCUT2D eigenvalue weighted by atomic mass is 16.1. The van der Waals surface area contributed by atoms with Gasteiger partial charge in [-0.2, -0.15) is 0 Å². The molecule has 1 saturated carbocycles. The van der Waals surface area contributed by atoms with Gasteiger partial charge in [0.25, 0.3) is 0 Å². The van der Waals surface area contributed by atoms with E-state index in [1.54, 1.807) is 0 Å². The van der Waals surface area contributed by atoms with Crippen molar-refractivity contribution in [2.24, 2.45) is 17.8 Å². The fraction of sp³-hybridized carbons (Fsp3) is 0.588. The predicted molar refractivity (Wildman–Crippen MR) is 80.8 cm³/mol. The fourth-order valence-electron chi connectivity index (χ4n) is 3.33. The van der Waals surface area contributed by atoms with Gasteiger partial charge in [0.05, 0.1) is 0 Å². The van der Waals surface area contributed by atoms with Crippen LogP contribution in [0.3, 0.4) is 0 Å². The van der Waals surface area contributed by atoms with E-state index in [-0.39, 0.29) is 5.92 Å². The quantitative estimate of drug-likeness (QED) is 0.764. The van der Waals surface area contributed by atoms with E-state index in [1.807, 2.05) is 43.3 Å². The molecule has 0 amide bonds. The number of hydrogen-bond acceptors (Lipinski definition) is 2. The van der Waals surface area contributed by atoms with Gasteiger partial charge in [0, 0.05) is 31.3 Å². The Kier molecular flexibility index (Phi) is 4.28. The van der Waals surface area contributed by atoms with Crippen molar-refractivity contribution in [2.45, 2.75) is 33.1 Å². The summed E-state index contributed by atoms with van der Waals surface area (Å²) < 4.78 is 0. The molecule has 19 heavy (non-hydrogen) atoms. The van der Waals surface area contributed by atoms with Crippen LogP contribution in [0.5, 0.6) is 0 Å². The Morgan fingerprint density at radius 3 is 2.32 bits per heavy atom. The minimum atomic E-state index is 0.219. The van der Waals surface area contributed by atoms with Crippen LogP contribution in [0.15, 0.2) is 24.3 Å². The van der Waals surface area contributed by atoms with Crippen LogP contribution in [0.2, 0.25) is 0 Å². The standard InChI is InChI=1S/C17H25NO/c1-12-8-13(2)10-15(9-12)17(19)14-6-5-7-16(11-14)18(3)4/h5-7,11-13,15H,8-10H2,1-4H3. The zero-order chi connectivity index (χ0) is 14.0. The van der Waals surface area contributed by atoms with E-state index < -0.39 is 0 Å². The van der Waals surface area contributed by atoms with Crippen LogP contribution >= 0.6 is 0 Å². The minimum absolute atomic E-state index is 0.219. The van der Waals surface area contributed by atoms with Crippen molar-refractivity contribution >= 4 is 11.5 Å². The third-order valence-corrected chi connectivity index (χ3v) is 4.20. The molecule has 0 bridgehead atoms. The molecule has 1 fully saturated rings. The van der Waals surface area contributed by atoms with Crippen molar-refractivity contribution in [3.8, 4) is 0 Å². The summed E-state index contributed by atoms with van der Waals surface area (Å²) in [5.74, 6) is 1.91. The molecule has 104 valence electrons. The Bertz CT molecular complexity index is 442. The lowest BCUT2D eigenvalue weighted by molar-refractivity contribution is 0.0836. The first-order valence-electron chi connectivity index (χ1n) is 7.29. The lowest BCUT2D eigenvalue weighted by Crippen LogP contribution is -2.26. The average molecular weight is 259 g/mol. The van der Waals surface area contributed by atoms with Crippen molar-refractivity contribution in [3.05, 3.63) is 29.8 Å². The third kappa shape index (κ3) is 3.37. The number of carbonyl (C=O) groups is 1. The van der Waals surface area contributed by atoms with Crippen LogP contribution in [0.4, 0.5) is 5.69 Å². The molecule has 0 radical (unpaired) electrons. The van der Waals surface area contributed by atoms with Gasteiger partial charge in [-0.05, 0) is 43.2 Å². The Morgan fingerprint density at radius 1 is 1.11 bits per heavy atom. The second-order valence-electron chi connectivity index (χ2n) is 6.42. The van der Waals surface area contributed by atoms with Gasteiger partial charge in [0.15, 0.2) is 5.78 Å². The largest absolute Gasteiger partial charge is 0.378 e. The summed E-state index contributed by atoms with van der Waals surface area (Å²) in [6, 6.07) is 8.01. The lowest BCUT2D eigenvalue weighted by atomic mass is 9.74. The fourth-order valence-corrected chi connectivity index (χ4v) is 3.33. The molecule has 2 unspecified atom stereocenters. The van der Waals surface area contributed by atoms with Crippen molar-refractivity contribution in [3.63, 3.8) is 0 Å². The molecule has 2 nitrogen and oxygen atoms in total. The maximum Gasteiger partial charge on any atom is 0.166 e. The minimum Gasteiger partial charge on any atom is -0.378 e. The van der Waals surface area contributed by atoms with Crippen molar-refractivity contribution < 1.29 is 4.79 Å². The summed E-state index contributed by atoms with van der Waals surface area (Å²) in [5, 5.41) is 0. The van der Waals surface area contributed by atoms with E-state index in [2.05, 4.69) is 13.8 Å². The Balaban J connectivity index is 2.17. The summed E-state index contributed by atoms with van der Waals surface area (Å²) in [6.45, 7) is 4.54. The molecule has 2 heteroatoms. The summed E-state index contributed by atoms with van der Waals surface area (Å²) in [6.07, 6.45) is 3.37. The second-order valence-corrected chi connectivity index (χ2v) is 6.42. The number of rotatable bonds is 3. The summed E-state index contributed by atoms with van der Waals surface area (Å²) in [7, 11) is 4.02. The molecular formula is C17H25NO. The molecule has 0 saturated heterocycles. The topological polar surface area (TPSA) is 20.3 Å². The Morgan fingerprint density at radius 2 is 1.74 bits per heavy atom. The molecule has 0 aromatic heterocycles. The van der Waals surface area contributed by atoms with Crippen LogP contribution < -0.4 is 4.90 Å². The molecule has 1 aliphatic carbocycles. The lowest BCUT2D eigenvalue weighted by Gasteiger charge is -2.30. The van der Waals surface area contributed by atoms with Gasteiger partial charge < -0.3 is 4.90 Å². The van der Waals surface area contributed by atoms with Crippen LogP contribution in [0.25, 0.3) is 0 Å². The molecule has 1 aromatic rings. The highest BCUT2D eigenvalue weighted by molar-refractivity contribution is 5.98. The Labute approximate surface area is 116 Å². The first-order valence-corrected chi connectivity index (χ1v) is 7.29. The van der Waals surface area contributed by atoms with E-state index >= 15 is 0 Å². The zero-order valence-electron chi connectivity index (χ0n) is 12.5. The van der Waals surface area contributed by atoms with Crippen LogP contribution in [0, 0.1) is 17.8 Å². The van der Waals surface area contributed by atoms with Crippen molar-refractivity contribution in [1.29, 1.82) is 0 Å². The van der Waals surface area contributed by atoms with Gasteiger partial charge in [-0.15, -0.1) is 0 Å². The first-order chi connectivity index (χ1) is 8.97. The van der Waals surface area contributed by atoms with Gasteiger partial charge in [-0.1, -0.05) is 26.0 Å². The number of ketones is 1. The number of hydrogen-bond donors (Lipinski definition) is 0. The van der Waals surface area contributed by atoms with Gasteiger partial charge in [-0.25, -0.2) is 0 Å². The van der Waals surface area contributed by atoms with Gasteiger partial charge in [0.1, 0.15) is 0 Å². The van der Waals surface area contributed by atoms with Crippen molar-refractivity contribution in [1.82, 2.24) is 0 Å². The van der Waals surface area contributed by atoms with Gasteiger partial charge in [0.2, 0.25) is 0 Å². The monoisotopic (exact) mass is 259 g/mol. The summed E-state index contributed by atoms with van der Waals surface area (Å²) >= 11 is 0. The molecule has 0 N–H and O–H groups in total. The normalized spacial score (nSPS) is 27.1. The maximum absolute atomic E-state index is 12.6. The number of carbonyl (C=O) groups excluding carboxylic acids is 1. The van der Waals surface area contributed by atoms with Crippen LogP contribution in [-0.4, -0.2) is 19.9 Å². The molecule has 0 heterocycles. The summed E-state index contributed by atoms with van der Waals surface area (Å²) in [4.78, 5) is 14.7. The second kappa shape index (κ2) is 5.77. The van der Waals surface area contributed by atoms with Crippen molar-refractivity contribution in [2.75, 3.05) is 19.0 Å². The summed E-state index contributed by atoms with van der Waals surface area (Å²) in [5.41, 5.74) is 1.97. The Hall–Kier alpha value is -1.31. The molecule has 1 aliphatic rings. The number of Topliss-reactive ketones (excluding diaryl/α,β-unsaturated/α-hetero) is 1. The van der Waals surface area contributed by atoms with E-state index in [9.17, 15) is 4.79 Å². The molecule has 2 rings (SSSR count). The van der Waals surface area contributed by atoms with Crippen LogP contribution in [0.1, 0.15) is 43.5 Å². The van der Waals surface area contributed by atoms with E-state index in [0.717, 1.165) is 24.1 Å². The first kappa shape index (κ1) is 14.1. The highest BCUT2D eigenvalue weighted by Crippen LogP contribution is 2.35. The van der Waals surface area contributed by atoms with Gasteiger partial charge >= 0.3 is 0 Å². The van der Waals surface area contributed by atoms with Crippen LogP contribution in [-0.2, 0) is 0 Å². The third-order valence-electron chi connectivity index (χ3n) is 4.20. The zero-order valence-corrected chi connectivity index (χ0v) is 12.5. The average Bonchev–Trinajstić information content (AvgIpc) is 2.37. The highest BCUT2D eigenvalue weighted by Gasteiger charge is 2.29. The SMILES string of the molecule is CC1CC(C)CC(C(=O)c2cccc(N(C)C)c2)C1. The van der Waals surface area contributed by atoms with E-state index in [4.69, 9.17) is 0 Å². The molecular weight excluding hydrogens is 234 g/mol. The number of benzene rings is 1.